The van der Waals surface area contributed by atoms with Crippen LogP contribution in [0, 0.1) is 5.41 Å². The molecule has 0 unspecified atom stereocenters. The Morgan fingerprint density at radius 2 is 2.06 bits per heavy atom. The van der Waals surface area contributed by atoms with Crippen molar-refractivity contribution in [1.82, 2.24) is 4.90 Å². The van der Waals surface area contributed by atoms with E-state index in [4.69, 9.17) is 10.5 Å². The molecule has 1 amide bonds. The molecule has 0 radical (unpaired) electrons. The van der Waals surface area contributed by atoms with Crippen molar-refractivity contribution in [2.45, 2.75) is 12.8 Å². The van der Waals surface area contributed by atoms with E-state index >= 15 is 0 Å². The predicted octanol–water partition coefficient (Wildman–Crippen LogP) is 1.26. The van der Waals surface area contributed by atoms with Crippen LogP contribution in [0.4, 0.5) is 0 Å². The first-order chi connectivity index (χ1) is 8.65. The van der Waals surface area contributed by atoms with Gasteiger partial charge in [-0.15, -0.1) is 0 Å². The van der Waals surface area contributed by atoms with Crippen molar-refractivity contribution in [1.29, 1.82) is 0 Å². The zero-order chi connectivity index (χ0) is 13.0. The average molecular weight is 248 g/mol. The first kappa shape index (κ1) is 12.9. The summed E-state index contributed by atoms with van der Waals surface area (Å²) >= 11 is 0. The molecule has 1 aromatic rings. The lowest BCUT2D eigenvalue weighted by molar-refractivity contribution is -0.132. The van der Waals surface area contributed by atoms with Crippen molar-refractivity contribution in [3.63, 3.8) is 0 Å². The summed E-state index contributed by atoms with van der Waals surface area (Å²) in [6, 6.07) is 9.37. The number of rotatable bonds is 6. The smallest absolute Gasteiger partial charge is 0.260 e. The maximum absolute atomic E-state index is 11.9. The summed E-state index contributed by atoms with van der Waals surface area (Å²) in [5.41, 5.74) is 5.89. The number of benzene rings is 1. The Kier molecular flexibility index (Phi) is 3.87. The largest absolute Gasteiger partial charge is 0.484 e. The van der Waals surface area contributed by atoms with E-state index in [0.29, 0.717) is 6.54 Å². The SMILES string of the molecule is CN(CC1(CN)CC1)C(=O)COc1ccccc1. The topological polar surface area (TPSA) is 55.6 Å². The molecule has 0 atom stereocenters. The fraction of sp³-hybridized carbons (Fsp3) is 0.500. The summed E-state index contributed by atoms with van der Waals surface area (Å²) in [5, 5.41) is 0. The summed E-state index contributed by atoms with van der Waals surface area (Å²) < 4.78 is 5.44. The first-order valence-corrected chi connectivity index (χ1v) is 6.27. The van der Waals surface area contributed by atoms with Gasteiger partial charge in [0, 0.05) is 19.0 Å². The van der Waals surface area contributed by atoms with Crippen molar-refractivity contribution < 1.29 is 9.53 Å². The van der Waals surface area contributed by atoms with Crippen molar-refractivity contribution in [3.05, 3.63) is 30.3 Å². The van der Waals surface area contributed by atoms with Gasteiger partial charge in [0.25, 0.3) is 5.91 Å². The number of carbonyl (C=O) groups excluding carboxylic acids is 1. The van der Waals surface area contributed by atoms with E-state index in [1.807, 2.05) is 37.4 Å². The number of hydrogen-bond donors (Lipinski definition) is 1. The third kappa shape index (κ3) is 3.23. The number of ether oxygens (including phenoxy) is 1. The molecule has 1 saturated carbocycles. The molecular weight excluding hydrogens is 228 g/mol. The molecule has 1 aromatic carbocycles. The molecular formula is C14H20N2O2. The maximum atomic E-state index is 11.9. The minimum Gasteiger partial charge on any atom is -0.484 e. The maximum Gasteiger partial charge on any atom is 0.260 e. The quantitative estimate of drug-likeness (QED) is 0.824. The molecule has 2 N–H and O–H groups in total. The Bertz CT molecular complexity index is 402. The van der Waals surface area contributed by atoms with Crippen LogP contribution in [0.15, 0.2) is 30.3 Å². The molecule has 0 saturated heterocycles. The number of nitrogens with two attached hydrogens (primary N) is 1. The lowest BCUT2D eigenvalue weighted by atomic mass is 10.1. The molecule has 0 spiro atoms. The normalized spacial score (nSPS) is 16.1. The van der Waals surface area contributed by atoms with E-state index in [-0.39, 0.29) is 17.9 Å². The summed E-state index contributed by atoms with van der Waals surface area (Å²) in [6.07, 6.45) is 2.25. The van der Waals surface area contributed by atoms with E-state index in [1.54, 1.807) is 4.90 Å². The number of hydrogen-bond acceptors (Lipinski definition) is 3. The van der Waals surface area contributed by atoms with Gasteiger partial charge in [-0.2, -0.15) is 0 Å². The van der Waals surface area contributed by atoms with Crippen molar-refractivity contribution in [2.75, 3.05) is 26.7 Å². The molecule has 1 fully saturated rings. The van der Waals surface area contributed by atoms with Gasteiger partial charge in [-0.1, -0.05) is 18.2 Å². The van der Waals surface area contributed by atoms with Gasteiger partial charge in [-0.25, -0.2) is 0 Å². The Morgan fingerprint density at radius 3 is 2.61 bits per heavy atom. The number of carbonyl (C=O) groups is 1. The molecule has 0 bridgehead atoms. The van der Waals surface area contributed by atoms with Crippen LogP contribution in [0.2, 0.25) is 0 Å². The second-order valence-corrected chi connectivity index (χ2v) is 5.06. The highest BCUT2D eigenvalue weighted by Gasteiger charge is 2.42. The van der Waals surface area contributed by atoms with Crippen LogP contribution in [0.3, 0.4) is 0 Å². The zero-order valence-electron chi connectivity index (χ0n) is 10.8. The molecule has 4 heteroatoms. The fourth-order valence-corrected chi connectivity index (χ4v) is 1.97. The third-order valence-corrected chi connectivity index (χ3v) is 3.49. The molecule has 2 rings (SSSR count). The molecule has 1 aliphatic carbocycles. The lowest BCUT2D eigenvalue weighted by Gasteiger charge is -2.22. The second-order valence-electron chi connectivity index (χ2n) is 5.06. The Labute approximate surface area is 108 Å². The van der Waals surface area contributed by atoms with E-state index < -0.39 is 0 Å². The van der Waals surface area contributed by atoms with Crippen LogP contribution >= 0.6 is 0 Å². The molecule has 0 aromatic heterocycles. The monoisotopic (exact) mass is 248 g/mol. The Balaban J connectivity index is 1.77. The summed E-state index contributed by atoms with van der Waals surface area (Å²) in [7, 11) is 1.81. The Morgan fingerprint density at radius 1 is 1.39 bits per heavy atom. The van der Waals surface area contributed by atoms with Crippen molar-refractivity contribution >= 4 is 5.91 Å². The number of amides is 1. The third-order valence-electron chi connectivity index (χ3n) is 3.49. The van der Waals surface area contributed by atoms with Gasteiger partial charge >= 0.3 is 0 Å². The van der Waals surface area contributed by atoms with E-state index in [2.05, 4.69) is 0 Å². The van der Waals surface area contributed by atoms with Crippen LogP contribution < -0.4 is 10.5 Å². The molecule has 0 heterocycles. The van der Waals surface area contributed by atoms with Gasteiger partial charge in [0.05, 0.1) is 0 Å². The zero-order valence-corrected chi connectivity index (χ0v) is 10.8. The highest BCUT2D eigenvalue weighted by molar-refractivity contribution is 5.77. The van der Waals surface area contributed by atoms with Gasteiger partial charge in [0.15, 0.2) is 6.61 Å². The highest BCUT2D eigenvalue weighted by Crippen LogP contribution is 2.44. The molecule has 98 valence electrons. The van der Waals surface area contributed by atoms with E-state index in [9.17, 15) is 4.79 Å². The van der Waals surface area contributed by atoms with Gasteiger partial charge in [0.1, 0.15) is 5.75 Å². The van der Waals surface area contributed by atoms with Crippen LogP contribution in [0.1, 0.15) is 12.8 Å². The van der Waals surface area contributed by atoms with Gasteiger partial charge < -0.3 is 15.4 Å². The number of likely N-dealkylation sites (N-methyl/N-ethyl adjacent to an activating group) is 1. The van der Waals surface area contributed by atoms with Gasteiger partial charge in [-0.05, 0) is 31.5 Å². The van der Waals surface area contributed by atoms with Crippen molar-refractivity contribution in [2.24, 2.45) is 11.1 Å². The summed E-state index contributed by atoms with van der Waals surface area (Å²) in [6.45, 7) is 1.48. The van der Waals surface area contributed by atoms with Crippen LogP contribution in [0.5, 0.6) is 5.75 Å². The minimum atomic E-state index is -0.00132. The van der Waals surface area contributed by atoms with Crippen LogP contribution in [0.25, 0.3) is 0 Å². The predicted molar refractivity (Wildman–Crippen MR) is 70.3 cm³/mol. The molecule has 18 heavy (non-hydrogen) atoms. The minimum absolute atomic E-state index is 0.00132. The van der Waals surface area contributed by atoms with E-state index in [1.165, 1.54) is 0 Å². The van der Waals surface area contributed by atoms with Gasteiger partial charge in [-0.3, -0.25) is 4.79 Å². The standard InChI is InChI=1S/C14H20N2O2/c1-16(11-14(10-15)7-8-14)13(17)9-18-12-5-3-2-4-6-12/h2-6H,7-11,15H2,1H3. The fourth-order valence-electron chi connectivity index (χ4n) is 1.97. The molecule has 4 nitrogen and oxygen atoms in total. The highest BCUT2D eigenvalue weighted by atomic mass is 16.5. The van der Waals surface area contributed by atoms with Crippen LogP contribution in [-0.4, -0.2) is 37.6 Å². The Hall–Kier alpha value is -1.55. The summed E-state index contributed by atoms with van der Waals surface area (Å²) in [5.74, 6) is 0.720. The average Bonchev–Trinajstić information content (AvgIpc) is 3.17. The van der Waals surface area contributed by atoms with Crippen LogP contribution in [-0.2, 0) is 4.79 Å². The van der Waals surface area contributed by atoms with Crippen molar-refractivity contribution in [3.8, 4) is 5.75 Å². The van der Waals surface area contributed by atoms with Gasteiger partial charge in [0.2, 0.25) is 0 Å². The second kappa shape index (κ2) is 5.40. The number of para-hydroxylation sites is 1. The number of nitrogens with zero attached hydrogens (tertiary/aromatic N) is 1. The summed E-state index contributed by atoms with van der Waals surface area (Å²) in [4.78, 5) is 13.6. The molecule has 0 aliphatic heterocycles. The van der Waals surface area contributed by atoms with E-state index in [0.717, 1.165) is 25.1 Å². The molecule has 1 aliphatic rings. The lowest BCUT2D eigenvalue weighted by Crippen LogP contribution is -2.38. The first-order valence-electron chi connectivity index (χ1n) is 6.27.